The van der Waals surface area contributed by atoms with Gasteiger partial charge in [-0.05, 0) is 116 Å². The van der Waals surface area contributed by atoms with Gasteiger partial charge in [-0.1, -0.05) is 194 Å². The van der Waals surface area contributed by atoms with E-state index < -0.39 is 6.10 Å². The second-order valence-corrected chi connectivity index (χ2v) is 16.3. The molecule has 0 N–H and O–H groups in total. The highest BCUT2D eigenvalue weighted by Gasteiger charge is 2.19. The molecule has 0 aliphatic carbocycles. The van der Waals surface area contributed by atoms with Crippen LogP contribution in [0.15, 0.2) is 122 Å². The summed E-state index contributed by atoms with van der Waals surface area (Å²) in [4.78, 5) is 37.9. The van der Waals surface area contributed by atoms with Gasteiger partial charge in [-0.3, -0.25) is 14.4 Å². The average molecular weight is 885 g/mol. The van der Waals surface area contributed by atoms with Gasteiger partial charge in [0.25, 0.3) is 0 Å². The van der Waals surface area contributed by atoms with Crippen molar-refractivity contribution in [3.05, 3.63) is 122 Å². The Labute approximate surface area is 392 Å². The fourth-order valence-corrected chi connectivity index (χ4v) is 6.47. The molecule has 0 saturated carbocycles. The molecule has 0 heterocycles. The molecule has 64 heavy (non-hydrogen) atoms. The summed E-state index contributed by atoms with van der Waals surface area (Å²) in [6, 6.07) is 0. The van der Waals surface area contributed by atoms with Crippen LogP contribution >= 0.6 is 0 Å². The molecular weight excluding hydrogens is 793 g/mol. The van der Waals surface area contributed by atoms with Crippen molar-refractivity contribution in [1.82, 2.24) is 0 Å². The van der Waals surface area contributed by atoms with Crippen molar-refractivity contribution in [1.29, 1.82) is 0 Å². The Hall–Kier alpha value is -4.19. The molecule has 6 heteroatoms. The lowest BCUT2D eigenvalue weighted by Gasteiger charge is -2.18. The molecule has 0 aromatic carbocycles. The Morgan fingerprint density at radius 1 is 0.312 bits per heavy atom. The normalized spacial score (nSPS) is 13.1. The molecule has 0 rings (SSSR count). The standard InChI is InChI=1S/C58H92O6/c1-4-7-10-13-16-19-22-24-26-28-29-30-32-33-36-39-42-45-48-51-57(60)63-54-55(53-62-56(59)50-47-44-41-38-35-21-18-15-12-9-6-3)64-58(61)52-49-46-43-40-37-34-31-27-25-23-20-17-14-11-8-5-2/h7-12,16-21,24-27,29-30,38,41,55H,4-6,13-15,22-23,28,31-37,39-40,42-54H2,1-3H3/b10-7-,11-8-,12-9-,19-16-,20-17-,21-18-,26-24-,27-25-,30-29-,41-38-. The summed E-state index contributed by atoms with van der Waals surface area (Å²) in [6.45, 7) is 6.20. The minimum absolute atomic E-state index is 0.110. The molecule has 0 aromatic rings. The minimum atomic E-state index is -0.814. The van der Waals surface area contributed by atoms with Gasteiger partial charge in [-0.25, -0.2) is 0 Å². The Morgan fingerprint density at radius 2 is 0.578 bits per heavy atom. The third-order valence-electron chi connectivity index (χ3n) is 10.2. The van der Waals surface area contributed by atoms with Crippen molar-refractivity contribution >= 4 is 17.9 Å². The topological polar surface area (TPSA) is 78.9 Å². The molecule has 0 fully saturated rings. The Balaban J connectivity index is 4.47. The third-order valence-corrected chi connectivity index (χ3v) is 10.2. The average Bonchev–Trinajstić information content (AvgIpc) is 3.29. The second-order valence-electron chi connectivity index (χ2n) is 16.3. The van der Waals surface area contributed by atoms with E-state index in [-0.39, 0.29) is 37.5 Å². The zero-order chi connectivity index (χ0) is 46.5. The number of esters is 3. The number of ether oxygens (including phenoxy) is 3. The number of hydrogen-bond donors (Lipinski definition) is 0. The molecule has 0 aliphatic heterocycles. The SMILES string of the molecule is CC/C=C\C/C=C\C/C=C\C/C=C\CCCCCCCCC(=O)OCC(COC(=O)CCC/C=C\C/C=C\C/C=C\CC)OC(=O)CCCCCCCC/C=C\C/C=C\C/C=C\CC. The predicted molar refractivity (Wildman–Crippen MR) is 274 cm³/mol. The summed E-state index contributed by atoms with van der Waals surface area (Å²) < 4.78 is 16.7. The first-order chi connectivity index (χ1) is 31.5. The van der Waals surface area contributed by atoms with Gasteiger partial charge in [0.1, 0.15) is 13.2 Å². The van der Waals surface area contributed by atoms with Crippen LogP contribution in [0, 0.1) is 0 Å². The molecular formula is C58H92O6. The lowest BCUT2D eigenvalue weighted by molar-refractivity contribution is -0.167. The predicted octanol–water partition coefficient (Wildman–Crippen LogP) is 16.9. The van der Waals surface area contributed by atoms with Gasteiger partial charge in [0, 0.05) is 19.3 Å². The molecule has 360 valence electrons. The largest absolute Gasteiger partial charge is 0.462 e. The summed E-state index contributed by atoms with van der Waals surface area (Å²) in [5.74, 6) is -1.00. The highest BCUT2D eigenvalue weighted by molar-refractivity contribution is 5.71. The first-order valence-corrected chi connectivity index (χ1v) is 25.5. The zero-order valence-corrected chi connectivity index (χ0v) is 41.0. The number of carbonyl (C=O) groups is 3. The monoisotopic (exact) mass is 885 g/mol. The van der Waals surface area contributed by atoms with Crippen LogP contribution in [0.2, 0.25) is 0 Å². The van der Waals surface area contributed by atoms with Crippen LogP contribution in [-0.2, 0) is 28.6 Å². The number of rotatable bonds is 44. The van der Waals surface area contributed by atoms with E-state index in [1.807, 2.05) is 0 Å². The van der Waals surface area contributed by atoms with Crippen LogP contribution in [-0.4, -0.2) is 37.2 Å². The molecule has 0 aliphatic rings. The van der Waals surface area contributed by atoms with Crippen molar-refractivity contribution < 1.29 is 28.6 Å². The lowest BCUT2D eigenvalue weighted by Crippen LogP contribution is -2.30. The number of carbonyl (C=O) groups excluding carboxylic acids is 3. The van der Waals surface area contributed by atoms with Gasteiger partial charge in [-0.2, -0.15) is 0 Å². The zero-order valence-electron chi connectivity index (χ0n) is 41.0. The van der Waals surface area contributed by atoms with Crippen LogP contribution in [0.4, 0.5) is 0 Å². The first kappa shape index (κ1) is 59.8. The smallest absolute Gasteiger partial charge is 0.306 e. The van der Waals surface area contributed by atoms with E-state index >= 15 is 0 Å². The first-order valence-electron chi connectivity index (χ1n) is 25.5. The van der Waals surface area contributed by atoms with Crippen molar-refractivity contribution in [3.63, 3.8) is 0 Å². The maximum absolute atomic E-state index is 12.8. The van der Waals surface area contributed by atoms with Gasteiger partial charge < -0.3 is 14.2 Å². The van der Waals surface area contributed by atoms with E-state index in [1.165, 1.54) is 25.7 Å². The summed E-state index contributed by atoms with van der Waals surface area (Å²) in [5.41, 5.74) is 0. The van der Waals surface area contributed by atoms with E-state index in [2.05, 4.69) is 142 Å². The van der Waals surface area contributed by atoms with Crippen molar-refractivity contribution in [3.8, 4) is 0 Å². The summed E-state index contributed by atoms with van der Waals surface area (Å²) in [5, 5.41) is 0. The van der Waals surface area contributed by atoms with Crippen LogP contribution in [0.5, 0.6) is 0 Å². The van der Waals surface area contributed by atoms with Crippen LogP contribution in [0.1, 0.15) is 207 Å². The number of hydrogen-bond acceptors (Lipinski definition) is 6. The van der Waals surface area contributed by atoms with Gasteiger partial charge in [0.2, 0.25) is 0 Å². The molecule has 0 spiro atoms. The molecule has 6 nitrogen and oxygen atoms in total. The molecule has 0 bridgehead atoms. The third kappa shape index (κ3) is 48.8. The summed E-state index contributed by atoms with van der Waals surface area (Å²) in [7, 11) is 0. The van der Waals surface area contributed by atoms with E-state index in [9.17, 15) is 14.4 Å². The van der Waals surface area contributed by atoms with Crippen LogP contribution < -0.4 is 0 Å². The highest BCUT2D eigenvalue weighted by atomic mass is 16.6. The maximum atomic E-state index is 12.8. The van der Waals surface area contributed by atoms with Crippen molar-refractivity contribution in [2.75, 3.05) is 13.2 Å². The number of allylic oxidation sites excluding steroid dienone is 20. The Kier molecular flexibility index (Phi) is 48.1. The van der Waals surface area contributed by atoms with Gasteiger partial charge in [0.05, 0.1) is 0 Å². The van der Waals surface area contributed by atoms with E-state index in [1.54, 1.807) is 0 Å². The molecule has 1 atom stereocenters. The van der Waals surface area contributed by atoms with Crippen LogP contribution in [0.25, 0.3) is 0 Å². The quantitative estimate of drug-likeness (QED) is 0.0262. The second kappa shape index (κ2) is 51.4. The summed E-state index contributed by atoms with van der Waals surface area (Å²) >= 11 is 0. The number of unbranched alkanes of at least 4 members (excludes halogenated alkanes) is 13. The maximum Gasteiger partial charge on any atom is 0.306 e. The lowest BCUT2D eigenvalue weighted by atomic mass is 10.1. The van der Waals surface area contributed by atoms with Gasteiger partial charge in [0.15, 0.2) is 6.10 Å². The minimum Gasteiger partial charge on any atom is -0.462 e. The van der Waals surface area contributed by atoms with E-state index in [0.717, 1.165) is 135 Å². The van der Waals surface area contributed by atoms with Crippen LogP contribution in [0.3, 0.4) is 0 Å². The van der Waals surface area contributed by atoms with Gasteiger partial charge in [-0.15, -0.1) is 0 Å². The summed E-state index contributed by atoms with van der Waals surface area (Å²) in [6.07, 6.45) is 70.5. The molecule has 1 unspecified atom stereocenters. The van der Waals surface area contributed by atoms with Gasteiger partial charge >= 0.3 is 17.9 Å². The fourth-order valence-electron chi connectivity index (χ4n) is 6.47. The Bertz CT molecular complexity index is 1390. The van der Waals surface area contributed by atoms with E-state index in [4.69, 9.17) is 14.2 Å². The fraction of sp³-hybridized carbons (Fsp3) is 0.603. The van der Waals surface area contributed by atoms with Crippen molar-refractivity contribution in [2.45, 2.75) is 213 Å². The molecule has 0 radical (unpaired) electrons. The highest BCUT2D eigenvalue weighted by Crippen LogP contribution is 2.13. The van der Waals surface area contributed by atoms with E-state index in [0.29, 0.717) is 19.3 Å². The molecule has 0 amide bonds. The van der Waals surface area contributed by atoms with Crippen molar-refractivity contribution in [2.24, 2.45) is 0 Å². The molecule has 0 saturated heterocycles. The Morgan fingerprint density at radius 3 is 0.938 bits per heavy atom. The molecule has 0 aromatic heterocycles.